The fourth-order valence-corrected chi connectivity index (χ4v) is 3.26. The van der Waals surface area contributed by atoms with Crippen molar-refractivity contribution < 1.29 is 4.74 Å². The minimum atomic E-state index is 0.388. The van der Waals surface area contributed by atoms with Crippen molar-refractivity contribution in [1.29, 1.82) is 0 Å². The molecule has 0 aromatic heterocycles. The van der Waals surface area contributed by atoms with Gasteiger partial charge in [-0.25, -0.2) is 0 Å². The predicted molar refractivity (Wildman–Crippen MR) is 74.7 cm³/mol. The first-order chi connectivity index (χ1) is 8.20. The van der Waals surface area contributed by atoms with Crippen molar-refractivity contribution in [3.8, 4) is 0 Å². The number of aliphatic imine (C=N–C) groups is 1. The van der Waals surface area contributed by atoms with Crippen molar-refractivity contribution in [2.24, 2.45) is 16.8 Å². The molecular weight excluding hydrogens is 232 g/mol. The molecule has 1 aliphatic carbocycles. The van der Waals surface area contributed by atoms with Gasteiger partial charge in [0, 0.05) is 11.9 Å². The van der Waals surface area contributed by atoms with E-state index in [1.807, 2.05) is 18.7 Å². The Morgan fingerprint density at radius 1 is 1.47 bits per heavy atom. The van der Waals surface area contributed by atoms with Crippen LogP contribution in [0.1, 0.15) is 33.6 Å². The molecule has 1 fully saturated rings. The number of ether oxygens (including phenoxy) is 1. The predicted octanol–water partition coefficient (Wildman–Crippen LogP) is 2.52. The van der Waals surface area contributed by atoms with Gasteiger partial charge in [0.1, 0.15) is 0 Å². The highest BCUT2D eigenvalue weighted by Gasteiger charge is 2.35. The molecule has 2 rings (SSSR count). The summed E-state index contributed by atoms with van der Waals surface area (Å²) in [6.45, 7) is 9.08. The van der Waals surface area contributed by atoms with Crippen molar-refractivity contribution in [2.75, 3.05) is 19.8 Å². The molecule has 3 nitrogen and oxygen atoms in total. The Hall–Kier alpha value is -0.220. The summed E-state index contributed by atoms with van der Waals surface area (Å²) in [6, 6.07) is 0.388. The summed E-state index contributed by atoms with van der Waals surface area (Å²) in [7, 11) is 0. The Labute approximate surface area is 109 Å². The van der Waals surface area contributed by atoms with Crippen LogP contribution in [0.15, 0.2) is 4.99 Å². The molecule has 17 heavy (non-hydrogen) atoms. The fraction of sp³-hybridized carbons (Fsp3) is 0.923. The summed E-state index contributed by atoms with van der Waals surface area (Å²) >= 11 is 1.94. The largest absolute Gasteiger partial charge is 0.380 e. The molecule has 0 saturated heterocycles. The number of thioether (sulfide) groups is 1. The van der Waals surface area contributed by atoms with Crippen LogP contribution in [0.2, 0.25) is 0 Å². The number of nitrogens with one attached hydrogen (secondary N) is 1. The molecule has 0 aromatic carbocycles. The van der Waals surface area contributed by atoms with E-state index in [9.17, 15) is 0 Å². The molecular formula is C13H24N2OS. The zero-order valence-electron chi connectivity index (χ0n) is 11.1. The lowest BCUT2D eigenvalue weighted by Gasteiger charge is -2.23. The van der Waals surface area contributed by atoms with Crippen molar-refractivity contribution in [3.63, 3.8) is 0 Å². The molecule has 0 amide bonds. The van der Waals surface area contributed by atoms with Crippen molar-refractivity contribution in [3.05, 3.63) is 0 Å². The molecule has 4 heteroatoms. The van der Waals surface area contributed by atoms with E-state index in [1.54, 1.807) is 0 Å². The van der Waals surface area contributed by atoms with Crippen LogP contribution in [0.5, 0.6) is 0 Å². The fourth-order valence-electron chi connectivity index (χ4n) is 1.99. The molecule has 0 radical (unpaired) electrons. The summed E-state index contributed by atoms with van der Waals surface area (Å²) < 4.78 is 5.53. The maximum atomic E-state index is 5.53. The van der Waals surface area contributed by atoms with E-state index in [-0.39, 0.29) is 0 Å². The topological polar surface area (TPSA) is 33.6 Å². The normalized spacial score (nSPS) is 26.1. The Morgan fingerprint density at radius 2 is 2.24 bits per heavy atom. The van der Waals surface area contributed by atoms with Crippen LogP contribution in [-0.4, -0.2) is 36.2 Å². The lowest BCUT2D eigenvalue weighted by molar-refractivity contribution is 0.115. The molecule has 98 valence electrons. The van der Waals surface area contributed by atoms with Crippen LogP contribution < -0.4 is 5.32 Å². The van der Waals surface area contributed by atoms with Crippen molar-refractivity contribution in [1.82, 2.24) is 5.32 Å². The van der Waals surface area contributed by atoms with Gasteiger partial charge in [-0.05, 0) is 31.6 Å². The van der Waals surface area contributed by atoms with Crippen molar-refractivity contribution >= 4 is 16.9 Å². The van der Waals surface area contributed by atoms with E-state index < -0.39 is 0 Å². The number of nitrogens with zero attached hydrogens (tertiary/aromatic N) is 1. The maximum absolute atomic E-state index is 5.53. The second-order valence-electron chi connectivity index (χ2n) is 5.29. The van der Waals surface area contributed by atoms with Crippen LogP contribution >= 0.6 is 11.8 Å². The monoisotopic (exact) mass is 256 g/mol. The first-order valence-electron chi connectivity index (χ1n) is 6.76. The summed E-state index contributed by atoms with van der Waals surface area (Å²) in [4.78, 5) is 4.62. The Morgan fingerprint density at radius 3 is 2.82 bits per heavy atom. The number of hydrogen-bond acceptors (Lipinski definition) is 4. The van der Waals surface area contributed by atoms with Crippen LogP contribution in [0.4, 0.5) is 0 Å². The number of amidine groups is 1. The lowest BCUT2D eigenvalue weighted by atomic mass is 10.1. The molecule has 1 saturated carbocycles. The zero-order chi connectivity index (χ0) is 12.3. The third-order valence-electron chi connectivity index (χ3n) is 3.44. The van der Waals surface area contributed by atoms with Gasteiger partial charge in [0.25, 0.3) is 0 Å². The highest BCUT2D eigenvalue weighted by molar-refractivity contribution is 8.14. The summed E-state index contributed by atoms with van der Waals surface area (Å²) in [6.07, 6.45) is 2.82. The number of hydrogen-bond donors (Lipinski definition) is 1. The van der Waals surface area contributed by atoms with Gasteiger partial charge in [-0.3, -0.25) is 4.99 Å². The van der Waals surface area contributed by atoms with Crippen LogP contribution in [-0.2, 0) is 4.74 Å². The third-order valence-corrected chi connectivity index (χ3v) is 4.75. The van der Waals surface area contributed by atoms with E-state index in [0.717, 1.165) is 36.1 Å². The Balaban J connectivity index is 1.77. The minimum Gasteiger partial charge on any atom is -0.380 e. The first kappa shape index (κ1) is 13.2. The standard InChI is InChI=1S/C13H24N2OS/c1-4-16-8-11(9(2)3)15-13-14-7-12(17-13)10-5-6-10/h9-12H,4-8H2,1-3H3,(H,14,15). The van der Waals surface area contributed by atoms with E-state index in [0.29, 0.717) is 12.0 Å². The molecule has 2 unspecified atom stereocenters. The summed E-state index contributed by atoms with van der Waals surface area (Å²) in [5.74, 6) is 1.51. The zero-order valence-corrected chi connectivity index (χ0v) is 11.9. The average Bonchev–Trinajstić information content (AvgIpc) is 3.05. The van der Waals surface area contributed by atoms with E-state index in [4.69, 9.17) is 4.74 Å². The molecule has 1 aliphatic heterocycles. The average molecular weight is 256 g/mol. The third kappa shape index (κ3) is 3.88. The highest BCUT2D eigenvalue weighted by atomic mass is 32.2. The van der Waals surface area contributed by atoms with Crippen molar-refractivity contribution in [2.45, 2.75) is 44.9 Å². The van der Waals surface area contributed by atoms with Crippen LogP contribution in [0.3, 0.4) is 0 Å². The molecule has 1 N–H and O–H groups in total. The molecule has 0 bridgehead atoms. The summed E-state index contributed by atoms with van der Waals surface area (Å²) in [5.41, 5.74) is 0. The lowest BCUT2D eigenvalue weighted by Crippen LogP contribution is -2.40. The Kier molecular flexibility index (Phi) is 4.74. The quantitative estimate of drug-likeness (QED) is 0.793. The maximum Gasteiger partial charge on any atom is 0.157 e. The Bertz CT molecular complexity index is 277. The van der Waals surface area contributed by atoms with E-state index in [1.165, 1.54) is 12.8 Å². The van der Waals surface area contributed by atoms with E-state index in [2.05, 4.69) is 24.2 Å². The molecule has 1 heterocycles. The van der Waals surface area contributed by atoms with Crippen LogP contribution in [0, 0.1) is 11.8 Å². The molecule has 2 aliphatic rings. The smallest absolute Gasteiger partial charge is 0.157 e. The second-order valence-corrected chi connectivity index (χ2v) is 6.52. The van der Waals surface area contributed by atoms with Gasteiger partial charge in [0.05, 0.1) is 19.2 Å². The SMILES string of the molecule is CCOCC(NC1=NCC(C2CC2)S1)C(C)C. The van der Waals surface area contributed by atoms with Gasteiger partial charge in [-0.1, -0.05) is 25.6 Å². The molecule has 2 atom stereocenters. The van der Waals surface area contributed by atoms with Crippen LogP contribution in [0.25, 0.3) is 0 Å². The number of rotatable bonds is 6. The van der Waals surface area contributed by atoms with Gasteiger partial charge in [0.15, 0.2) is 5.17 Å². The van der Waals surface area contributed by atoms with Gasteiger partial charge in [-0.15, -0.1) is 0 Å². The molecule has 0 spiro atoms. The molecule has 0 aromatic rings. The van der Waals surface area contributed by atoms with E-state index >= 15 is 0 Å². The van der Waals surface area contributed by atoms with Gasteiger partial charge in [0.2, 0.25) is 0 Å². The summed E-state index contributed by atoms with van der Waals surface area (Å²) in [5, 5.41) is 5.44. The minimum absolute atomic E-state index is 0.388. The second kappa shape index (κ2) is 6.10. The highest BCUT2D eigenvalue weighted by Crippen LogP contribution is 2.41. The van der Waals surface area contributed by atoms with Gasteiger partial charge in [-0.2, -0.15) is 0 Å². The van der Waals surface area contributed by atoms with Gasteiger partial charge >= 0.3 is 0 Å². The first-order valence-corrected chi connectivity index (χ1v) is 7.64. The van der Waals surface area contributed by atoms with Gasteiger partial charge < -0.3 is 10.1 Å².